The quantitative estimate of drug-likeness (QED) is 0.741. The molecule has 0 amide bonds. The molecule has 2 aromatic rings. The maximum absolute atomic E-state index is 6.15. The molecule has 0 saturated carbocycles. The summed E-state index contributed by atoms with van der Waals surface area (Å²) in [6, 6.07) is 11.0. The highest BCUT2D eigenvalue weighted by Crippen LogP contribution is 2.16. The first-order chi connectivity index (χ1) is 8.09. The van der Waals surface area contributed by atoms with Crippen LogP contribution in [0.3, 0.4) is 0 Å². The van der Waals surface area contributed by atoms with Gasteiger partial charge in [0.1, 0.15) is 0 Å². The molecule has 0 aliphatic carbocycles. The topological polar surface area (TPSA) is 0 Å². The van der Waals surface area contributed by atoms with Crippen LogP contribution in [-0.4, -0.2) is 15.2 Å². The molecule has 17 heavy (non-hydrogen) atoms. The Bertz CT molecular complexity index is 464. The minimum absolute atomic E-state index is 0.681. The first kappa shape index (κ1) is 13.6. The van der Waals surface area contributed by atoms with Gasteiger partial charge in [0, 0.05) is 20.1 Å². The number of hydrogen-bond acceptors (Lipinski definition) is 0. The zero-order valence-electron chi connectivity index (χ0n) is 8.68. The normalized spacial score (nSPS) is 10.4. The van der Waals surface area contributed by atoms with Gasteiger partial charge in [-0.1, -0.05) is 67.4 Å². The van der Waals surface area contributed by atoms with Crippen LogP contribution in [0.15, 0.2) is 36.4 Å². The number of benzene rings is 2. The van der Waals surface area contributed by atoms with Crippen LogP contribution in [0.1, 0.15) is 0 Å². The summed E-state index contributed by atoms with van der Waals surface area (Å²) >= 11 is 23.7. The van der Waals surface area contributed by atoms with Crippen molar-refractivity contribution in [2.75, 3.05) is 0 Å². The number of rotatable bonds is 2. The Hall–Kier alpha value is 0.132. The van der Waals surface area contributed by atoms with Crippen molar-refractivity contribution in [3.63, 3.8) is 0 Å². The molecule has 0 aromatic heterocycles. The van der Waals surface area contributed by atoms with Crippen molar-refractivity contribution in [1.29, 1.82) is 0 Å². The molecule has 0 spiro atoms. The van der Waals surface area contributed by atoms with Crippen molar-refractivity contribution < 1.29 is 0 Å². The fourth-order valence-electron chi connectivity index (χ4n) is 1.58. The third-order valence-electron chi connectivity index (χ3n) is 2.48. The Morgan fingerprint density at radius 2 is 0.882 bits per heavy atom. The van der Waals surface area contributed by atoms with Crippen molar-refractivity contribution in [3.8, 4) is 0 Å². The zero-order valence-corrected chi connectivity index (χ0v) is 13.1. The van der Waals surface area contributed by atoms with Crippen LogP contribution in [-0.2, 0) is 0 Å². The zero-order chi connectivity index (χ0) is 12.4. The van der Waals surface area contributed by atoms with E-state index in [0.29, 0.717) is 20.1 Å². The molecule has 2 aromatic carbocycles. The monoisotopic (exact) mass is 318 g/mol. The second-order valence-electron chi connectivity index (χ2n) is 3.58. The van der Waals surface area contributed by atoms with Gasteiger partial charge in [-0.15, -0.1) is 0 Å². The van der Waals surface area contributed by atoms with Gasteiger partial charge in [0.2, 0.25) is 0 Å². The van der Waals surface area contributed by atoms with Gasteiger partial charge in [0.15, 0.2) is 0 Å². The van der Waals surface area contributed by atoms with E-state index in [0.717, 1.165) is 8.85 Å². The van der Waals surface area contributed by atoms with Gasteiger partial charge in [-0.05, 0) is 24.3 Å². The molecule has 0 bridgehead atoms. The van der Waals surface area contributed by atoms with E-state index >= 15 is 0 Å². The van der Waals surface area contributed by atoms with E-state index in [2.05, 4.69) is 0 Å². The highest BCUT2D eigenvalue weighted by Gasteiger charge is 2.14. The predicted octanol–water partition coefficient (Wildman–Crippen LogP) is 3.69. The highest BCUT2D eigenvalue weighted by atomic mass is 35.5. The molecular weight excluding hydrogens is 313 g/mol. The summed E-state index contributed by atoms with van der Waals surface area (Å²) < 4.78 is 1.96. The van der Waals surface area contributed by atoms with Crippen LogP contribution >= 0.6 is 46.4 Å². The third kappa shape index (κ3) is 3.12. The van der Waals surface area contributed by atoms with Crippen molar-refractivity contribution >= 4 is 70.5 Å². The third-order valence-corrected chi connectivity index (χ3v) is 7.02. The lowest BCUT2D eigenvalue weighted by Gasteiger charge is -2.08. The van der Waals surface area contributed by atoms with Crippen molar-refractivity contribution in [1.82, 2.24) is 0 Å². The van der Waals surface area contributed by atoms with E-state index in [1.807, 2.05) is 36.4 Å². The summed E-state index contributed by atoms with van der Waals surface area (Å²) in [5.41, 5.74) is 0. The van der Waals surface area contributed by atoms with Crippen LogP contribution in [0, 0.1) is 0 Å². The van der Waals surface area contributed by atoms with Crippen LogP contribution in [0.5, 0.6) is 0 Å². The standard InChI is InChI=1S/2C6H3Cl2.Al.H/c2*7-5-2-1-3-6(8)4-5;;/h2*1-3H;;. The molecule has 0 aliphatic rings. The molecule has 0 aliphatic heterocycles. The van der Waals surface area contributed by atoms with Gasteiger partial charge in [-0.25, -0.2) is 0 Å². The molecule has 0 radical (unpaired) electrons. The summed E-state index contributed by atoms with van der Waals surface area (Å²) in [6.45, 7) is 0. The molecule has 0 N–H and O–H groups in total. The van der Waals surface area contributed by atoms with Crippen LogP contribution in [0.2, 0.25) is 20.1 Å². The summed E-state index contributed by atoms with van der Waals surface area (Å²) in [5.74, 6) is 0. The minimum atomic E-state index is -0.878. The lowest BCUT2D eigenvalue weighted by Crippen LogP contribution is -2.30. The molecule has 0 atom stereocenters. The largest absolute Gasteiger partial charge is 0.333 e. The average molecular weight is 320 g/mol. The molecule has 2 rings (SSSR count). The van der Waals surface area contributed by atoms with Crippen LogP contribution < -0.4 is 8.85 Å². The summed E-state index contributed by atoms with van der Waals surface area (Å²) in [7, 11) is 0. The van der Waals surface area contributed by atoms with Gasteiger partial charge < -0.3 is 0 Å². The van der Waals surface area contributed by atoms with Crippen molar-refractivity contribution in [2.45, 2.75) is 0 Å². The van der Waals surface area contributed by atoms with E-state index in [-0.39, 0.29) is 0 Å². The van der Waals surface area contributed by atoms with Crippen molar-refractivity contribution in [3.05, 3.63) is 56.5 Å². The van der Waals surface area contributed by atoms with E-state index in [9.17, 15) is 0 Å². The van der Waals surface area contributed by atoms with Gasteiger partial charge >= 0.3 is 15.2 Å². The Morgan fingerprint density at radius 3 is 1.18 bits per heavy atom. The van der Waals surface area contributed by atoms with Gasteiger partial charge in [-0.3, -0.25) is 0 Å². The molecule has 5 heteroatoms. The van der Waals surface area contributed by atoms with E-state index in [4.69, 9.17) is 46.4 Å². The lowest BCUT2D eigenvalue weighted by atomic mass is 10.3. The highest BCUT2D eigenvalue weighted by molar-refractivity contribution is 6.76. The second-order valence-corrected chi connectivity index (χ2v) is 6.97. The van der Waals surface area contributed by atoms with E-state index in [1.165, 1.54) is 0 Å². The second kappa shape index (κ2) is 5.85. The number of halogens is 4. The fourth-order valence-corrected chi connectivity index (χ4v) is 4.68. The van der Waals surface area contributed by atoms with Crippen molar-refractivity contribution in [2.24, 2.45) is 0 Å². The van der Waals surface area contributed by atoms with Crippen LogP contribution in [0.4, 0.5) is 0 Å². The molecule has 0 heterocycles. The molecule has 0 saturated heterocycles. The first-order valence-corrected chi connectivity index (χ1v) is 7.88. The SMILES string of the molecule is Clc1cccc(Cl)[c]1[AlH][c]1c(Cl)cccc1Cl. The Morgan fingerprint density at radius 1 is 0.588 bits per heavy atom. The van der Waals surface area contributed by atoms with E-state index in [1.54, 1.807) is 0 Å². The Labute approximate surface area is 126 Å². The maximum Gasteiger partial charge on any atom is 0.333 e. The van der Waals surface area contributed by atoms with Gasteiger partial charge in [-0.2, -0.15) is 0 Å². The maximum atomic E-state index is 6.15. The van der Waals surface area contributed by atoms with Crippen LogP contribution in [0.25, 0.3) is 0 Å². The van der Waals surface area contributed by atoms with Gasteiger partial charge in [0.05, 0.1) is 0 Å². The lowest BCUT2D eigenvalue weighted by molar-refractivity contribution is 1.74. The summed E-state index contributed by atoms with van der Waals surface area (Å²) in [4.78, 5) is 0. The summed E-state index contributed by atoms with van der Waals surface area (Å²) in [6.07, 6.45) is 0. The molecule has 86 valence electrons. The van der Waals surface area contributed by atoms with Gasteiger partial charge in [0.25, 0.3) is 0 Å². The molecule has 0 unspecified atom stereocenters. The molecule has 0 nitrogen and oxygen atoms in total. The van der Waals surface area contributed by atoms with E-state index < -0.39 is 15.2 Å². The number of hydrogen-bond donors (Lipinski definition) is 0. The average Bonchev–Trinajstić information content (AvgIpc) is 2.27. The predicted molar refractivity (Wildman–Crippen MR) is 79.3 cm³/mol. The first-order valence-electron chi connectivity index (χ1n) is 4.95. The molecule has 0 fully saturated rings. The summed E-state index contributed by atoms with van der Waals surface area (Å²) in [5, 5.41) is 2.72. The Balaban J connectivity index is 2.45. The fraction of sp³-hybridized carbons (Fsp3) is 0. The Kier molecular flexibility index (Phi) is 4.67. The minimum Gasteiger partial charge on any atom is -0.0856 e. The smallest absolute Gasteiger partial charge is 0.0856 e. The molecular formula is C12H7AlCl4.